The standard InChI is InChI=1S/C16H25N3O/c1-12-7-8-15(14(17)10-12)18-16(20)11-19-9-5-3-4-6-13(19)2/h7-8,10,13H,3-6,9,11,17H2,1-2H3,(H,18,20). The Kier molecular flexibility index (Phi) is 5.01. The number of carbonyl (C=O) groups is 1. The van der Waals surface area contributed by atoms with Crippen LogP contribution in [0.3, 0.4) is 0 Å². The van der Waals surface area contributed by atoms with E-state index in [1.54, 1.807) is 0 Å². The second-order valence-corrected chi connectivity index (χ2v) is 5.81. The van der Waals surface area contributed by atoms with Crippen LogP contribution in [0.1, 0.15) is 38.2 Å². The molecule has 0 bridgehead atoms. The molecule has 0 spiro atoms. The van der Waals surface area contributed by atoms with Crippen LogP contribution in [0.2, 0.25) is 0 Å². The summed E-state index contributed by atoms with van der Waals surface area (Å²) in [7, 11) is 0. The molecule has 4 nitrogen and oxygen atoms in total. The van der Waals surface area contributed by atoms with Crippen LogP contribution in [-0.4, -0.2) is 29.9 Å². The summed E-state index contributed by atoms with van der Waals surface area (Å²) in [5.74, 6) is 0.0225. The molecule has 1 aromatic rings. The van der Waals surface area contributed by atoms with E-state index in [0.29, 0.717) is 24.0 Å². The zero-order valence-corrected chi connectivity index (χ0v) is 12.5. The van der Waals surface area contributed by atoms with Crippen molar-refractivity contribution in [2.45, 2.75) is 45.6 Å². The highest BCUT2D eigenvalue weighted by atomic mass is 16.2. The third-order valence-electron chi connectivity index (χ3n) is 4.02. The molecule has 1 fully saturated rings. The number of nitrogen functional groups attached to an aromatic ring is 1. The number of hydrogen-bond acceptors (Lipinski definition) is 3. The summed E-state index contributed by atoms with van der Waals surface area (Å²) >= 11 is 0. The molecular weight excluding hydrogens is 250 g/mol. The first kappa shape index (κ1) is 14.9. The van der Waals surface area contributed by atoms with E-state index in [9.17, 15) is 4.79 Å². The van der Waals surface area contributed by atoms with Crippen molar-refractivity contribution in [1.29, 1.82) is 0 Å². The molecule has 2 rings (SSSR count). The first-order valence-corrected chi connectivity index (χ1v) is 7.46. The maximum Gasteiger partial charge on any atom is 0.238 e. The number of nitrogens with two attached hydrogens (primary N) is 1. The van der Waals surface area contributed by atoms with Crippen molar-refractivity contribution >= 4 is 17.3 Å². The van der Waals surface area contributed by atoms with Crippen LogP contribution in [0.15, 0.2) is 18.2 Å². The van der Waals surface area contributed by atoms with Gasteiger partial charge in [-0.15, -0.1) is 0 Å². The van der Waals surface area contributed by atoms with E-state index in [-0.39, 0.29) is 5.91 Å². The minimum absolute atomic E-state index is 0.0225. The van der Waals surface area contributed by atoms with Gasteiger partial charge < -0.3 is 11.1 Å². The maximum atomic E-state index is 12.2. The highest BCUT2D eigenvalue weighted by Crippen LogP contribution is 2.20. The Labute approximate surface area is 121 Å². The minimum atomic E-state index is 0.0225. The van der Waals surface area contributed by atoms with E-state index >= 15 is 0 Å². The molecule has 0 aromatic heterocycles. The van der Waals surface area contributed by atoms with Crippen molar-refractivity contribution in [3.63, 3.8) is 0 Å². The number of anilines is 2. The molecule has 110 valence electrons. The lowest BCUT2D eigenvalue weighted by molar-refractivity contribution is -0.117. The number of nitrogens with zero attached hydrogens (tertiary/aromatic N) is 1. The zero-order valence-electron chi connectivity index (χ0n) is 12.5. The van der Waals surface area contributed by atoms with Gasteiger partial charge in [0.05, 0.1) is 17.9 Å². The molecule has 1 amide bonds. The minimum Gasteiger partial charge on any atom is -0.397 e. The van der Waals surface area contributed by atoms with E-state index in [0.717, 1.165) is 12.1 Å². The number of nitrogens with one attached hydrogen (secondary N) is 1. The number of aryl methyl sites for hydroxylation is 1. The van der Waals surface area contributed by atoms with Gasteiger partial charge in [-0.3, -0.25) is 9.69 Å². The monoisotopic (exact) mass is 275 g/mol. The summed E-state index contributed by atoms with van der Waals surface area (Å²) in [4.78, 5) is 14.4. The zero-order chi connectivity index (χ0) is 14.5. The van der Waals surface area contributed by atoms with Gasteiger partial charge in [-0.2, -0.15) is 0 Å². The first-order valence-electron chi connectivity index (χ1n) is 7.46. The predicted octanol–water partition coefficient (Wildman–Crippen LogP) is 2.78. The lowest BCUT2D eigenvalue weighted by Gasteiger charge is -2.26. The number of likely N-dealkylation sites (tertiary alicyclic amines) is 1. The average molecular weight is 275 g/mol. The summed E-state index contributed by atoms with van der Waals surface area (Å²) in [6.07, 6.45) is 4.90. The summed E-state index contributed by atoms with van der Waals surface area (Å²) in [5, 5.41) is 2.92. The molecule has 1 heterocycles. The fourth-order valence-corrected chi connectivity index (χ4v) is 2.74. The SMILES string of the molecule is Cc1ccc(NC(=O)CN2CCCCCC2C)c(N)c1. The van der Waals surface area contributed by atoms with Crippen LogP contribution in [0.4, 0.5) is 11.4 Å². The van der Waals surface area contributed by atoms with Gasteiger partial charge in [0.25, 0.3) is 0 Å². The van der Waals surface area contributed by atoms with Crippen molar-refractivity contribution < 1.29 is 4.79 Å². The van der Waals surface area contributed by atoms with Crippen molar-refractivity contribution in [1.82, 2.24) is 4.90 Å². The van der Waals surface area contributed by atoms with Crippen LogP contribution >= 0.6 is 0 Å². The third kappa shape index (κ3) is 3.97. The van der Waals surface area contributed by atoms with Crippen molar-refractivity contribution in [3.05, 3.63) is 23.8 Å². The Bertz CT molecular complexity index is 473. The van der Waals surface area contributed by atoms with Crippen LogP contribution in [0.25, 0.3) is 0 Å². The third-order valence-corrected chi connectivity index (χ3v) is 4.02. The lowest BCUT2D eigenvalue weighted by atomic mass is 10.1. The molecule has 1 aliphatic rings. The number of rotatable bonds is 3. The van der Waals surface area contributed by atoms with E-state index in [4.69, 9.17) is 5.73 Å². The fourth-order valence-electron chi connectivity index (χ4n) is 2.74. The van der Waals surface area contributed by atoms with E-state index in [1.807, 2.05) is 25.1 Å². The highest BCUT2D eigenvalue weighted by molar-refractivity contribution is 5.95. The van der Waals surface area contributed by atoms with Crippen LogP contribution in [0.5, 0.6) is 0 Å². The molecule has 0 radical (unpaired) electrons. The number of hydrogen-bond donors (Lipinski definition) is 2. The molecule has 4 heteroatoms. The van der Waals surface area contributed by atoms with Gasteiger partial charge in [0, 0.05) is 6.04 Å². The molecule has 1 unspecified atom stereocenters. The topological polar surface area (TPSA) is 58.4 Å². The molecule has 1 atom stereocenters. The normalized spacial score (nSPS) is 20.4. The number of carbonyl (C=O) groups excluding carboxylic acids is 1. The van der Waals surface area contributed by atoms with Gasteiger partial charge in [0.15, 0.2) is 0 Å². The maximum absolute atomic E-state index is 12.2. The first-order chi connectivity index (χ1) is 9.56. The van der Waals surface area contributed by atoms with Gasteiger partial charge in [0.2, 0.25) is 5.91 Å². The van der Waals surface area contributed by atoms with Gasteiger partial charge in [-0.05, 0) is 50.9 Å². The van der Waals surface area contributed by atoms with Gasteiger partial charge in [0.1, 0.15) is 0 Å². The van der Waals surface area contributed by atoms with Crippen molar-refractivity contribution in [3.8, 4) is 0 Å². The van der Waals surface area contributed by atoms with Gasteiger partial charge in [-0.1, -0.05) is 18.9 Å². The molecule has 20 heavy (non-hydrogen) atoms. The predicted molar refractivity (Wildman–Crippen MR) is 83.7 cm³/mol. The molecular formula is C16H25N3O. The van der Waals surface area contributed by atoms with Crippen molar-refractivity contribution in [2.75, 3.05) is 24.1 Å². The summed E-state index contributed by atoms with van der Waals surface area (Å²) in [6.45, 7) is 5.66. The Morgan fingerprint density at radius 3 is 2.95 bits per heavy atom. The molecule has 1 saturated heterocycles. The highest BCUT2D eigenvalue weighted by Gasteiger charge is 2.19. The second kappa shape index (κ2) is 6.75. The van der Waals surface area contributed by atoms with Crippen LogP contribution in [-0.2, 0) is 4.79 Å². The van der Waals surface area contributed by atoms with E-state index < -0.39 is 0 Å². The lowest BCUT2D eigenvalue weighted by Crippen LogP contribution is -2.39. The van der Waals surface area contributed by atoms with Gasteiger partial charge >= 0.3 is 0 Å². The quantitative estimate of drug-likeness (QED) is 0.834. The summed E-state index contributed by atoms with van der Waals surface area (Å²) in [5.41, 5.74) is 8.36. The Morgan fingerprint density at radius 1 is 1.40 bits per heavy atom. The average Bonchev–Trinajstić information content (AvgIpc) is 2.59. The largest absolute Gasteiger partial charge is 0.397 e. The molecule has 0 saturated carbocycles. The number of benzene rings is 1. The fraction of sp³-hybridized carbons (Fsp3) is 0.562. The number of amides is 1. The Morgan fingerprint density at radius 2 is 2.20 bits per heavy atom. The second-order valence-electron chi connectivity index (χ2n) is 5.81. The Hall–Kier alpha value is -1.55. The summed E-state index contributed by atoms with van der Waals surface area (Å²) < 4.78 is 0. The van der Waals surface area contributed by atoms with Crippen LogP contribution < -0.4 is 11.1 Å². The molecule has 1 aliphatic heterocycles. The van der Waals surface area contributed by atoms with Gasteiger partial charge in [-0.25, -0.2) is 0 Å². The molecule has 0 aliphatic carbocycles. The Balaban J connectivity index is 1.94. The smallest absolute Gasteiger partial charge is 0.238 e. The van der Waals surface area contributed by atoms with E-state index in [2.05, 4.69) is 17.1 Å². The van der Waals surface area contributed by atoms with Crippen molar-refractivity contribution in [2.24, 2.45) is 0 Å². The van der Waals surface area contributed by atoms with Crippen LogP contribution in [0, 0.1) is 6.92 Å². The molecule has 3 N–H and O–H groups in total. The molecule has 1 aromatic carbocycles. The van der Waals surface area contributed by atoms with E-state index in [1.165, 1.54) is 25.7 Å². The summed E-state index contributed by atoms with van der Waals surface area (Å²) in [6, 6.07) is 6.19.